The zero-order chi connectivity index (χ0) is 19.5. The lowest BCUT2D eigenvalue weighted by molar-refractivity contribution is 0.916. The van der Waals surface area contributed by atoms with Crippen LogP contribution in [0.15, 0.2) is 54.9 Å². The summed E-state index contributed by atoms with van der Waals surface area (Å²) in [5.74, 6) is 0.975. The maximum Gasteiger partial charge on any atom is 0.251 e. The summed E-state index contributed by atoms with van der Waals surface area (Å²) in [7, 11) is 1.79. The van der Waals surface area contributed by atoms with Gasteiger partial charge in [0, 0.05) is 24.9 Å². The fourth-order valence-electron chi connectivity index (χ4n) is 2.60. The van der Waals surface area contributed by atoms with Crippen LogP contribution in [-0.4, -0.2) is 37.4 Å². The fraction of sp³-hybridized carbons (Fsp3) is 0.0526. The maximum absolute atomic E-state index is 8.98. The van der Waals surface area contributed by atoms with Crippen molar-refractivity contribution < 1.29 is 0 Å². The number of rotatable bonds is 4. The van der Waals surface area contributed by atoms with E-state index in [0.717, 1.165) is 11.4 Å². The number of aromatic amines is 1. The first-order valence-electron chi connectivity index (χ1n) is 8.26. The molecule has 136 valence electrons. The van der Waals surface area contributed by atoms with Crippen molar-refractivity contribution in [3.05, 3.63) is 65.4 Å². The number of nitriles is 1. The Hall–Kier alpha value is -3.83. The molecule has 0 bridgehead atoms. The van der Waals surface area contributed by atoms with E-state index in [1.807, 2.05) is 24.3 Å². The van der Waals surface area contributed by atoms with Gasteiger partial charge in [0.15, 0.2) is 5.82 Å². The average Bonchev–Trinajstić information content (AvgIpc) is 3.24. The van der Waals surface area contributed by atoms with E-state index in [0.29, 0.717) is 33.6 Å². The molecule has 0 amide bonds. The van der Waals surface area contributed by atoms with Gasteiger partial charge in [0.2, 0.25) is 0 Å². The van der Waals surface area contributed by atoms with Gasteiger partial charge in [0.1, 0.15) is 0 Å². The summed E-state index contributed by atoms with van der Waals surface area (Å²) >= 11 is 6.29. The lowest BCUT2D eigenvalue weighted by atomic mass is 10.1. The first kappa shape index (κ1) is 17.6. The van der Waals surface area contributed by atoms with Crippen LogP contribution in [0.25, 0.3) is 22.6 Å². The van der Waals surface area contributed by atoms with E-state index >= 15 is 0 Å². The monoisotopic (exact) mass is 388 g/mol. The number of benzene rings is 1. The molecule has 3 aromatic heterocycles. The van der Waals surface area contributed by atoms with Gasteiger partial charge in [-0.1, -0.05) is 17.7 Å². The van der Waals surface area contributed by atoms with E-state index in [1.54, 1.807) is 36.3 Å². The summed E-state index contributed by atoms with van der Waals surface area (Å²) in [6.45, 7) is 0. The minimum atomic E-state index is 0.358. The van der Waals surface area contributed by atoms with Crippen LogP contribution in [0.1, 0.15) is 5.56 Å². The largest absolute Gasteiger partial charge is 0.295 e. The highest BCUT2D eigenvalue weighted by Crippen LogP contribution is 2.29. The summed E-state index contributed by atoms with van der Waals surface area (Å²) in [5, 5.41) is 24.8. The van der Waals surface area contributed by atoms with Crippen LogP contribution in [0.5, 0.6) is 0 Å². The van der Waals surface area contributed by atoms with E-state index in [1.165, 1.54) is 6.20 Å². The minimum Gasteiger partial charge on any atom is -0.295 e. The molecular formula is C19H13ClN8. The normalized spacial score (nSPS) is 10.5. The van der Waals surface area contributed by atoms with Gasteiger partial charge in [-0.15, -0.1) is 5.10 Å². The molecule has 0 atom stereocenters. The molecule has 0 fully saturated rings. The molecule has 4 aromatic rings. The molecule has 28 heavy (non-hydrogen) atoms. The molecule has 0 saturated heterocycles. The molecule has 0 spiro atoms. The average molecular weight is 389 g/mol. The van der Waals surface area contributed by atoms with Crippen LogP contribution in [0.3, 0.4) is 0 Å². The van der Waals surface area contributed by atoms with Gasteiger partial charge >= 0.3 is 0 Å². The van der Waals surface area contributed by atoms with Crippen LogP contribution in [-0.2, 0) is 0 Å². The Morgan fingerprint density at radius 1 is 1.14 bits per heavy atom. The molecular weight excluding hydrogens is 376 g/mol. The van der Waals surface area contributed by atoms with Crippen LogP contribution >= 0.6 is 11.6 Å². The Bertz CT molecular complexity index is 1170. The standard InChI is InChI=1S/C19H13ClN8/c1-28(18-9-16(25-26-18)15-4-2-3-7-22-15)19-24-17(11-23-27-19)13-6-5-12(10-21)8-14(13)20/h2-9,11H,1H3,(H,25,26). The van der Waals surface area contributed by atoms with E-state index in [2.05, 4.69) is 36.4 Å². The van der Waals surface area contributed by atoms with Crippen molar-refractivity contribution in [2.75, 3.05) is 11.9 Å². The lowest BCUT2D eigenvalue weighted by Crippen LogP contribution is -2.14. The molecule has 1 aromatic carbocycles. The highest BCUT2D eigenvalue weighted by atomic mass is 35.5. The highest BCUT2D eigenvalue weighted by molar-refractivity contribution is 6.33. The van der Waals surface area contributed by atoms with Crippen molar-refractivity contribution in [3.63, 3.8) is 0 Å². The third-order valence-corrected chi connectivity index (χ3v) is 4.38. The van der Waals surface area contributed by atoms with Crippen molar-refractivity contribution in [2.45, 2.75) is 0 Å². The Kier molecular flexibility index (Phi) is 4.66. The maximum atomic E-state index is 8.98. The van der Waals surface area contributed by atoms with E-state index in [4.69, 9.17) is 16.9 Å². The van der Waals surface area contributed by atoms with Crippen molar-refractivity contribution in [2.24, 2.45) is 0 Å². The minimum absolute atomic E-state index is 0.358. The van der Waals surface area contributed by atoms with Gasteiger partial charge in [0.25, 0.3) is 5.95 Å². The van der Waals surface area contributed by atoms with Crippen LogP contribution in [0.2, 0.25) is 5.02 Å². The number of pyridine rings is 1. The number of aromatic nitrogens is 6. The topological polar surface area (TPSA) is 107 Å². The number of hydrogen-bond donors (Lipinski definition) is 1. The number of nitrogens with zero attached hydrogens (tertiary/aromatic N) is 7. The van der Waals surface area contributed by atoms with Crippen molar-refractivity contribution in [1.29, 1.82) is 5.26 Å². The van der Waals surface area contributed by atoms with E-state index < -0.39 is 0 Å². The summed E-state index contributed by atoms with van der Waals surface area (Å²) in [4.78, 5) is 10.5. The quantitative estimate of drug-likeness (QED) is 0.568. The summed E-state index contributed by atoms with van der Waals surface area (Å²) in [6.07, 6.45) is 3.24. The fourth-order valence-corrected chi connectivity index (χ4v) is 2.87. The van der Waals surface area contributed by atoms with Crippen molar-refractivity contribution >= 4 is 23.4 Å². The Morgan fingerprint density at radius 3 is 2.79 bits per heavy atom. The molecule has 9 heteroatoms. The predicted molar refractivity (Wildman–Crippen MR) is 105 cm³/mol. The number of halogens is 1. The van der Waals surface area contributed by atoms with E-state index in [-0.39, 0.29) is 0 Å². The van der Waals surface area contributed by atoms with Gasteiger partial charge in [-0.2, -0.15) is 15.5 Å². The summed E-state index contributed by atoms with van der Waals surface area (Å²) in [5.41, 5.74) is 3.26. The van der Waals surface area contributed by atoms with Crippen molar-refractivity contribution in [3.8, 4) is 28.7 Å². The summed E-state index contributed by atoms with van der Waals surface area (Å²) in [6, 6.07) is 14.6. The molecule has 1 N–H and O–H groups in total. The Morgan fingerprint density at radius 2 is 2.04 bits per heavy atom. The van der Waals surface area contributed by atoms with Crippen LogP contribution in [0.4, 0.5) is 11.8 Å². The second-order valence-corrected chi connectivity index (χ2v) is 6.27. The number of H-pyrrole nitrogens is 1. The zero-order valence-corrected chi connectivity index (χ0v) is 15.5. The number of nitrogens with one attached hydrogen (secondary N) is 1. The third-order valence-electron chi connectivity index (χ3n) is 4.07. The Balaban J connectivity index is 1.65. The molecule has 0 aliphatic carbocycles. The summed E-state index contributed by atoms with van der Waals surface area (Å²) < 4.78 is 0. The SMILES string of the molecule is CN(c1cc(-c2ccccn2)[nH]n1)c1nncc(-c2ccc(C#N)cc2Cl)n1. The van der Waals surface area contributed by atoms with Gasteiger partial charge in [-0.25, -0.2) is 4.98 Å². The van der Waals surface area contributed by atoms with Gasteiger partial charge in [-0.3, -0.25) is 15.0 Å². The van der Waals surface area contributed by atoms with Crippen molar-refractivity contribution in [1.82, 2.24) is 30.4 Å². The number of anilines is 2. The van der Waals surface area contributed by atoms with E-state index in [9.17, 15) is 0 Å². The smallest absolute Gasteiger partial charge is 0.251 e. The third kappa shape index (κ3) is 3.39. The zero-order valence-electron chi connectivity index (χ0n) is 14.7. The molecule has 8 nitrogen and oxygen atoms in total. The first-order chi connectivity index (χ1) is 13.7. The molecule has 4 rings (SSSR count). The molecule has 0 aliphatic heterocycles. The molecule has 0 aliphatic rings. The molecule has 0 saturated carbocycles. The Labute approximate surface area is 165 Å². The second-order valence-electron chi connectivity index (χ2n) is 5.86. The molecule has 0 radical (unpaired) electrons. The molecule has 3 heterocycles. The molecule has 0 unspecified atom stereocenters. The van der Waals surface area contributed by atoms with Gasteiger partial charge in [-0.05, 0) is 30.3 Å². The first-order valence-corrected chi connectivity index (χ1v) is 8.64. The van der Waals surface area contributed by atoms with Crippen LogP contribution < -0.4 is 4.90 Å². The van der Waals surface area contributed by atoms with Gasteiger partial charge < -0.3 is 0 Å². The predicted octanol–water partition coefficient (Wildman–Crippen LogP) is 3.62. The highest BCUT2D eigenvalue weighted by Gasteiger charge is 2.15. The second kappa shape index (κ2) is 7.42. The van der Waals surface area contributed by atoms with Gasteiger partial charge in [0.05, 0.1) is 39.9 Å². The lowest BCUT2D eigenvalue weighted by Gasteiger charge is -2.13. The van der Waals surface area contributed by atoms with Crippen LogP contribution in [0, 0.1) is 11.3 Å². The number of hydrogen-bond acceptors (Lipinski definition) is 7.